The summed E-state index contributed by atoms with van der Waals surface area (Å²) in [5, 5.41) is 0. The third-order valence-electron chi connectivity index (χ3n) is 3.69. The minimum atomic E-state index is -3.06. The molecule has 1 unspecified atom stereocenters. The summed E-state index contributed by atoms with van der Waals surface area (Å²) < 4.78 is 23.3. The van der Waals surface area contributed by atoms with Gasteiger partial charge in [-0.25, -0.2) is 8.42 Å². The fourth-order valence-electron chi connectivity index (χ4n) is 2.15. The van der Waals surface area contributed by atoms with E-state index in [2.05, 4.69) is 4.90 Å². The summed E-state index contributed by atoms with van der Waals surface area (Å²) in [6.07, 6.45) is 1.93. The number of piperidine rings is 1. The molecule has 0 bridgehead atoms. The summed E-state index contributed by atoms with van der Waals surface area (Å²) in [4.78, 5) is 13.5. The van der Waals surface area contributed by atoms with Crippen LogP contribution in [0.2, 0.25) is 0 Å². The van der Waals surface area contributed by atoms with Gasteiger partial charge in [0.15, 0.2) is 9.84 Å². The number of nitrogens with zero attached hydrogens (tertiary/aromatic N) is 1. The average Bonchev–Trinajstić information content (AvgIpc) is 2.25. The molecule has 0 radical (unpaired) electrons. The van der Waals surface area contributed by atoms with Gasteiger partial charge < -0.3 is 4.90 Å². The van der Waals surface area contributed by atoms with Crippen LogP contribution in [0.4, 0.5) is 0 Å². The van der Waals surface area contributed by atoms with Crippen molar-refractivity contribution in [2.75, 3.05) is 25.4 Å². The van der Waals surface area contributed by atoms with Gasteiger partial charge in [-0.05, 0) is 47.1 Å². The van der Waals surface area contributed by atoms with Crippen LogP contribution in [-0.2, 0) is 14.6 Å². The molecule has 0 N–H and O–H groups in total. The number of likely N-dealkylation sites (tertiary alicyclic amines) is 1. The molecule has 1 saturated heterocycles. The van der Waals surface area contributed by atoms with E-state index >= 15 is 0 Å². The second kappa shape index (κ2) is 5.70. The molecule has 1 heterocycles. The molecule has 0 aliphatic carbocycles. The minimum absolute atomic E-state index is 0.0936. The number of ketones is 1. The second-order valence-corrected chi connectivity index (χ2v) is 9.04. The molecule has 1 atom stereocenters. The van der Waals surface area contributed by atoms with Crippen LogP contribution in [0.25, 0.3) is 0 Å². The van der Waals surface area contributed by atoms with Crippen LogP contribution in [0.3, 0.4) is 0 Å². The Balaban J connectivity index is 2.52. The van der Waals surface area contributed by atoms with Gasteiger partial charge in [0, 0.05) is 19.0 Å². The molecule has 1 rings (SSSR count). The van der Waals surface area contributed by atoms with E-state index in [1.54, 1.807) is 27.7 Å². The number of carbonyl (C=O) groups is 1. The van der Waals surface area contributed by atoms with Gasteiger partial charge in [-0.15, -0.1) is 0 Å². The second-order valence-electron chi connectivity index (χ2n) is 6.18. The molecule has 4 nitrogen and oxygen atoms in total. The number of hydrogen-bond donors (Lipinski definition) is 0. The van der Waals surface area contributed by atoms with Crippen molar-refractivity contribution in [1.29, 1.82) is 0 Å². The molecule has 5 heteroatoms. The average molecular weight is 275 g/mol. The van der Waals surface area contributed by atoms with E-state index in [-0.39, 0.29) is 17.5 Å². The first-order valence-electron chi connectivity index (χ1n) is 6.58. The molecular weight excluding hydrogens is 250 g/mol. The predicted octanol–water partition coefficient (Wildman–Crippen LogP) is 1.50. The van der Waals surface area contributed by atoms with Gasteiger partial charge in [0.1, 0.15) is 5.78 Å². The van der Waals surface area contributed by atoms with Gasteiger partial charge in [-0.2, -0.15) is 0 Å². The minimum Gasteiger partial charge on any atom is -0.302 e. The highest BCUT2D eigenvalue weighted by molar-refractivity contribution is 7.92. The van der Waals surface area contributed by atoms with E-state index in [0.717, 1.165) is 25.9 Å². The fraction of sp³-hybridized carbons (Fsp3) is 0.923. The molecule has 1 aliphatic rings. The predicted molar refractivity (Wildman–Crippen MR) is 73.4 cm³/mol. The zero-order valence-corrected chi connectivity index (χ0v) is 12.7. The van der Waals surface area contributed by atoms with Crippen molar-refractivity contribution in [2.45, 2.75) is 45.3 Å². The van der Waals surface area contributed by atoms with Gasteiger partial charge >= 0.3 is 0 Å². The first-order valence-corrected chi connectivity index (χ1v) is 8.24. The molecule has 1 fully saturated rings. The fourth-order valence-corrected chi connectivity index (χ4v) is 3.26. The zero-order chi connectivity index (χ0) is 14.0. The van der Waals surface area contributed by atoms with Gasteiger partial charge in [0.2, 0.25) is 0 Å². The lowest BCUT2D eigenvalue weighted by Crippen LogP contribution is -2.42. The van der Waals surface area contributed by atoms with E-state index in [1.165, 1.54) is 0 Å². The third kappa shape index (κ3) is 4.05. The summed E-state index contributed by atoms with van der Waals surface area (Å²) >= 11 is 0. The van der Waals surface area contributed by atoms with E-state index < -0.39 is 14.6 Å². The van der Waals surface area contributed by atoms with Crippen molar-refractivity contribution >= 4 is 15.6 Å². The van der Waals surface area contributed by atoms with E-state index in [9.17, 15) is 13.2 Å². The van der Waals surface area contributed by atoms with Crippen LogP contribution in [0, 0.1) is 5.92 Å². The maximum absolute atomic E-state index is 12.0. The van der Waals surface area contributed by atoms with Crippen molar-refractivity contribution < 1.29 is 13.2 Å². The summed E-state index contributed by atoms with van der Waals surface area (Å²) in [7, 11) is -3.06. The Labute approximate surface area is 111 Å². The van der Waals surface area contributed by atoms with Gasteiger partial charge in [-0.3, -0.25) is 4.79 Å². The standard InChI is InChI=1S/C13H25NO3S/c1-11(15)12-6-5-7-14(10-12)8-9-18(16,17)13(2,3)4/h12H,5-10H2,1-4H3. The Morgan fingerprint density at radius 2 is 1.94 bits per heavy atom. The smallest absolute Gasteiger partial charge is 0.156 e. The Morgan fingerprint density at radius 3 is 2.44 bits per heavy atom. The van der Waals surface area contributed by atoms with Gasteiger partial charge in [0.25, 0.3) is 0 Å². The van der Waals surface area contributed by atoms with Crippen molar-refractivity contribution in [2.24, 2.45) is 5.92 Å². The van der Waals surface area contributed by atoms with Crippen molar-refractivity contribution in [3.63, 3.8) is 0 Å². The Bertz CT molecular complexity index is 395. The normalized spacial score (nSPS) is 23.0. The van der Waals surface area contributed by atoms with Crippen molar-refractivity contribution in [3.8, 4) is 0 Å². The Hall–Kier alpha value is -0.420. The molecule has 106 valence electrons. The van der Waals surface area contributed by atoms with Crippen LogP contribution in [-0.4, -0.2) is 49.2 Å². The van der Waals surface area contributed by atoms with E-state index in [0.29, 0.717) is 6.54 Å². The Morgan fingerprint density at radius 1 is 1.33 bits per heavy atom. The first kappa shape index (κ1) is 15.6. The van der Waals surface area contributed by atoms with Crippen LogP contribution in [0.1, 0.15) is 40.5 Å². The van der Waals surface area contributed by atoms with Gasteiger partial charge in [0.05, 0.1) is 10.5 Å². The number of carbonyl (C=O) groups excluding carboxylic acids is 1. The van der Waals surface area contributed by atoms with Crippen LogP contribution >= 0.6 is 0 Å². The third-order valence-corrected chi connectivity index (χ3v) is 6.28. The van der Waals surface area contributed by atoms with Crippen molar-refractivity contribution in [1.82, 2.24) is 4.90 Å². The molecule has 18 heavy (non-hydrogen) atoms. The molecule has 0 aromatic carbocycles. The number of sulfone groups is 1. The number of rotatable bonds is 4. The largest absolute Gasteiger partial charge is 0.302 e. The summed E-state index contributed by atoms with van der Waals surface area (Å²) in [6, 6.07) is 0. The lowest BCUT2D eigenvalue weighted by molar-refractivity contribution is -0.122. The maximum atomic E-state index is 12.0. The number of Topliss-reactive ketones (excluding diaryl/α,β-unsaturated/α-hetero) is 1. The van der Waals surface area contributed by atoms with E-state index in [4.69, 9.17) is 0 Å². The van der Waals surface area contributed by atoms with Gasteiger partial charge in [-0.1, -0.05) is 0 Å². The summed E-state index contributed by atoms with van der Waals surface area (Å²) in [5.41, 5.74) is 0. The van der Waals surface area contributed by atoms with Crippen LogP contribution in [0.15, 0.2) is 0 Å². The Kier molecular flexibility index (Phi) is 4.95. The highest BCUT2D eigenvalue weighted by Crippen LogP contribution is 2.19. The quantitative estimate of drug-likeness (QED) is 0.780. The topological polar surface area (TPSA) is 54.5 Å². The highest BCUT2D eigenvalue weighted by atomic mass is 32.2. The summed E-state index contributed by atoms with van der Waals surface area (Å²) in [5.74, 6) is 0.496. The molecule has 0 amide bonds. The molecule has 0 spiro atoms. The maximum Gasteiger partial charge on any atom is 0.156 e. The lowest BCUT2D eigenvalue weighted by Gasteiger charge is -2.32. The molecule has 0 aromatic heterocycles. The zero-order valence-electron chi connectivity index (χ0n) is 11.9. The van der Waals surface area contributed by atoms with Crippen LogP contribution in [0.5, 0.6) is 0 Å². The number of hydrogen-bond acceptors (Lipinski definition) is 4. The highest BCUT2D eigenvalue weighted by Gasteiger charge is 2.30. The monoisotopic (exact) mass is 275 g/mol. The summed E-state index contributed by atoms with van der Waals surface area (Å²) in [6.45, 7) is 8.99. The SMILES string of the molecule is CC(=O)C1CCCN(CCS(=O)(=O)C(C)(C)C)C1. The molecule has 0 saturated carbocycles. The van der Waals surface area contributed by atoms with E-state index in [1.807, 2.05) is 0 Å². The molecule has 1 aliphatic heterocycles. The van der Waals surface area contributed by atoms with Crippen LogP contribution < -0.4 is 0 Å². The molecule has 0 aromatic rings. The molecular formula is C13H25NO3S. The van der Waals surface area contributed by atoms with Crippen molar-refractivity contribution in [3.05, 3.63) is 0 Å². The lowest BCUT2D eigenvalue weighted by atomic mass is 9.95. The first-order chi connectivity index (χ1) is 8.13.